The summed E-state index contributed by atoms with van der Waals surface area (Å²) >= 11 is 0. The van der Waals surface area contributed by atoms with Crippen LogP contribution in [-0.4, -0.2) is 56.9 Å². The van der Waals surface area contributed by atoms with Crippen molar-refractivity contribution < 1.29 is 27.3 Å². The molecule has 0 saturated carbocycles. The normalized spacial score (nSPS) is 21.0. The standard InChI is InChI=1S/C17H24FN3O4S/c1-3-21(10-16(22)19-15-8-9-26(24,25)11-15)12(2)17(23)20-14-6-4-13(18)5-7-14/h4-7,12,15H,3,8-11H2,1-2H3,(H,19,22)(H,20,23)/p+1/t12-,15-/m0/s1. The first-order valence-electron chi connectivity index (χ1n) is 8.61. The van der Waals surface area contributed by atoms with Crippen LogP contribution < -0.4 is 15.5 Å². The van der Waals surface area contributed by atoms with E-state index in [1.807, 2.05) is 6.92 Å². The van der Waals surface area contributed by atoms with Crippen molar-refractivity contribution in [2.24, 2.45) is 0 Å². The number of amides is 2. The Bertz CT molecular complexity index is 752. The van der Waals surface area contributed by atoms with Crippen molar-refractivity contribution in [2.75, 3.05) is 29.9 Å². The molecular formula is C17H25FN3O4S+. The number of carbonyl (C=O) groups is 2. The molecule has 1 saturated heterocycles. The first kappa shape index (κ1) is 20.3. The molecule has 0 aliphatic carbocycles. The van der Waals surface area contributed by atoms with E-state index in [1.54, 1.807) is 6.92 Å². The van der Waals surface area contributed by atoms with Crippen LogP contribution in [-0.2, 0) is 19.4 Å². The number of anilines is 1. The van der Waals surface area contributed by atoms with E-state index < -0.39 is 15.9 Å². The fourth-order valence-electron chi connectivity index (χ4n) is 2.95. The summed E-state index contributed by atoms with van der Waals surface area (Å²) in [6, 6.07) is 4.61. The largest absolute Gasteiger partial charge is 0.347 e. The molecule has 0 spiro atoms. The van der Waals surface area contributed by atoms with Crippen LogP contribution in [0.15, 0.2) is 24.3 Å². The molecule has 1 fully saturated rings. The molecule has 1 unspecified atom stereocenters. The van der Waals surface area contributed by atoms with Crippen LogP contribution in [0.4, 0.5) is 10.1 Å². The molecule has 26 heavy (non-hydrogen) atoms. The molecular weight excluding hydrogens is 361 g/mol. The quantitative estimate of drug-likeness (QED) is 0.581. The van der Waals surface area contributed by atoms with Gasteiger partial charge in [-0.15, -0.1) is 0 Å². The van der Waals surface area contributed by atoms with E-state index in [1.165, 1.54) is 24.3 Å². The van der Waals surface area contributed by atoms with Gasteiger partial charge >= 0.3 is 0 Å². The molecule has 1 heterocycles. The summed E-state index contributed by atoms with van der Waals surface area (Å²) in [7, 11) is -3.05. The molecule has 3 N–H and O–H groups in total. The van der Waals surface area contributed by atoms with Gasteiger partial charge in [0.25, 0.3) is 11.8 Å². The third-order valence-electron chi connectivity index (χ3n) is 4.56. The van der Waals surface area contributed by atoms with Crippen LogP contribution in [0, 0.1) is 5.82 Å². The minimum atomic E-state index is -3.05. The average molecular weight is 386 g/mol. The van der Waals surface area contributed by atoms with Gasteiger partial charge in [0, 0.05) is 11.7 Å². The maximum Gasteiger partial charge on any atom is 0.282 e. The van der Waals surface area contributed by atoms with Crippen LogP contribution in [0.3, 0.4) is 0 Å². The molecule has 1 aromatic carbocycles. The Hall–Kier alpha value is -2.00. The van der Waals surface area contributed by atoms with E-state index in [4.69, 9.17) is 0 Å². The van der Waals surface area contributed by atoms with E-state index in [0.717, 1.165) is 4.90 Å². The number of sulfone groups is 1. The lowest BCUT2D eigenvalue weighted by molar-refractivity contribution is -0.904. The Labute approximate surface area is 152 Å². The molecule has 144 valence electrons. The summed E-state index contributed by atoms with van der Waals surface area (Å²) in [6.45, 7) is 4.20. The smallest absolute Gasteiger partial charge is 0.282 e. The Kier molecular flexibility index (Phi) is 6.71. The average Bonchev–Trinajstić information content (AvgIpc) is 2.92. The van der Waals surface area contributed by atoms with Gasteiger partial charge in [0.2, 0.25) is 0 Å². The topological polar surface area (TPSA) is 96.8 Å². The predicted octanol–water partition coefficient (Wildman–Crippen LogP) is -0.639. The number of quaternary nitrogens is 1. The zero-order chi connectivity index (χ0) is 19.3. The van der Waals surface area contributed by atoms with E-state index >= 15 is 0 Å². The maximum atomic E-state index is 12.9. The van der Waals surface area contributed by atoms with Gasteiger partial charge in [-0.1, -0.05) is 0 Å². The van der Waals surface area contributed by atoms with E-state index in [-0.39, 0.29) is 41.7 Å². The first-order valence-corrected chi connectivity index (χ1v) is 10.4. The van der Waals surface area contributed by atoms with Crippen LogP contribution in [0.5, 0.6) is 0 Å². The second kappa shape index (κ2) is 8.59. The third-order valence-corrected chi connectivity index (χ3v) is 6.32. The number of halogens is 1. The summed E-state index contributed by atoms with van der Waals surface area (Å²) in [5.41, 5.74) is 0.485. The summed E-state index contributed by atoms with van der Waals surface area (Å²) in [4.78, 5) is 25.3. The molecule has 1 aliphatic rings. The molecule has 7 nitrogen and oxygen atoms in total. The molecule has 0 radical (unpaired) electrons. The fourth-order valence-corrected chi connectivity index (χ4v) is 4.62. The number of benzene rings is 1. The zero-order valence-corrected chi connectivity index (χ0v) is 15.7. The number of hydrogen-bond acceptors (Lipinski definition) is 4. The molecule has 3 atom stereocenters. The Morgan fingerprint density at radius 1 is 1.31 bits per heavy atom. The molecule has 1 aromatic rings. The van der Waals surface area contributed by atoms with Crippen molar-refractivity contribution in [3.63, 3.8) is 0 Å². The molecule has 2 amide bonds. The van der Waals surface area contributed by atoms with Crippen molar-refractivity contribution >= 4 is 27.3 Å². The lowest BCUT2D eigenvalue weighted by Gasteiger charge is -2.24. The van der Waals surface area contributed by atoms with Crippen LogP contribution in [0.2, 0.25) is 0 Å². The minimum absolute atomic E-state index is 0.0270. The highest BCUT2D eigenvalue weighted by molar-refractivity contribution is 7.91. The summed E-state index contributed by atoms with van der Waals surface area (Å²) in [6.07, 6.45) is 0.427. The van der Waals surface area contributed by atoms with Gasteiger partial charge in [-0.2, -0.15) is 0 Å². The second-order valence-corrected chi connectivity index (χ2v) is 8.80. The van der Waals surface area contributed by atoms with E-state index in [9.17, 15) is 22.4 Å². The summed E-state index contributed by atoms with van der Waals surface area (Å²) in [5.74, 6) is -0.864. The van der Waals surface area contributed by atoms with E-state index in [2.05, 4.69) is 10.6 Å². The molecule has 9 heteroatoms. The second-order valence-electron chi connectivity index (χ2n) is 6.57. The van der Waals surface area contributed by atoms with Gasteiger partial charge in [0.1, 0.15) is 5.82 Å². The fraction of sp³-hybridized carbons (Fsp3) is 0.529. The molecule has 0 bridgehead atoms. The van der Waals surface area contributed by atoms with Crippen molar-refractivity contribution in [2.45, 2.75) is 32.4 Å². The SMILES string of the molecule is CC[NH+](CC(=O)N[C@H]1CCS(=O)(=O)C1)[C@@H](C)C(=O)Nc1ccc(F)cc1. The highest BCUT2D eigenvalue weighted by Crippen LogP contribution is 2.11. The van der Waals surface area contributed by atoms with Gasteiger partial charge in [-0.3, -0.25) is 9.59 Å². The van der Waals surface area contributed by atoms with Gasteiger partial charge in [0.15, 0.2) is 22.4 Å². The van der Waals surface area contributed by atoms with Crippen molar-refractivity contribution in [3.8, 4) is 0 Å². The van der Waals surface area contributed by atoms with E-state index in [0.29, 0.717) is 18.7 Å². The highest BCUT2D eigenvalue weighted by Gasteiger charge is 2.31. The van der Waals surface area contributed by atoms with Gasteiger partial charge in [-0.05, 0) is 44.5 Å². The van der Waals surface area contributed by atoms with Gasteiger partial charge in [-0.25, -0.2) is 12.8 Å². The molecule has 2 rings (SSSR count). The van der Waals surface area contributed by atoms with Crippen LogP contribution in [0.25, 0.3) is 0 Å². The van der Waals surface area contributed by atoms with Crippen molar-refractivity contribution in [1.82, 2.24) is 5.32 Å². The number of nitrogens with one attached hydrogen (secondary N) is 3. The number of carbonyl (C=O) groups excluding carboxylic acids is 2. The van der Waals surface area contributed by atoms with Crippen LogP contribution in [0.1, 0.15) is 20.3 Å². The third kappa shape index (κ3) is 5.77. The van der Waals surface area contributed by atoms with Crippen molar-refractivity contribution in [1.29, 1.82) is 0 Å². The van der Waals surface area contributed by atoms with Gasteiger partial charge < -0.3 is 15.5 Å². The van der Waals surface area contributed by atoms with Gasteiger partial charge in [0.05, 0.1) is 18.1 Å². The van der Waals surface area contributed by atoms with Crippen LogP contribution >= 0.6 is 0 Å². The lowest BCUT2D eigenvalue weighted by Crippen LogP contribution is -3.17. The Morgan fingerprint density at radius 3 is 2.50 bits per heavy atom. The summed E-state index contributed by atoms with van der Waals surface area (Å²) < 4.78 is 35.8. The Balaban J connectivity index is 1.88. The molecule has 0 aromatic heterocycles. The minimum Gasteiger partial charge on any atom is -0.347 e. The first-order chi connectivity index (χ1) is 12.2. The maximum absolute atomic E-state index is 12.9. The monoisotopic (exact) mass is 386 g/mol. The van der Waals surface area contributed by atoms with Crippen molar-refractivity contribution in [3.05, 3.63) is 30.1 Å². The highest BCUT2D eigenvalue weighted by atomic mass is 32.2. The Morgan fingerprint density at radius 2 is 1.96 bits per heavy atom. The predicted molar refractivity (Wildman–Crippen MR) is 96.1 cm³/mol. The summed E-state index contributed by atoms with van der Waals surface area (Å²) in [5, 5.41) is 5.44. The lowest BCUT2D eigenvalue weighted by atomic mass is 10.2. The number of hydrogen-bond donors (Lipinski definition) is 3. The zero-order valence-electron chi connectivity index (χ0n) is 14.9. The number of rotatable bonds is 7. The molecule has 1 aliphatic heterocycles. The number of likely N-dealkylation sites (N-methyl/N-ethyl adjacent to an activating group) is 1.